The fraction of sp³-hybridized carbons (Fsp3) is 0.278. The second-order valence-electron chi connectivity index (χ2n) is 6.35. The predicted molar refractivity (Wildman–Crippen MR) is 91.4 cm³/mol. The Bertz CT molecular complexity index is 1080. The molecule has 1 N–H and O–H groups in total. The Labute approximate surface area is 152 Å². The number of fused-ring (bicyclic) bond motifs is 1. The van der Waals surface area contributed by atoms with Gasteiger partial charge in [-0.3, -0.25) is 0 Å². The molecule has 1 fully saturated rings. The van der Waals surface area contributed by atoms with Crippen molar-refractivity contribution in [2.45, 2.75) is 18.5 Å². The van der Waals surface area contributed by atoms with E-state index in [1.54, 1.807) is 18.2 Å². The zero-order valence-corrected chi connectivity index (χ0v) is 14.1. The van der Waals surface area contributed by atoms with Crippen molar-refractivity contribution < 1.29 is 18.7 Å². The fourth-order valence-corrected chi connectivity index (χ4v) is 3.17. The van der Waals surface area contributed by atoms with E-state index in [9.17, 15) is 4.79 Å². The molecule has 3 aromatic rings. The van der Waals surface area contributed by atoms with Crippen molar-refractivity contribution in [1.82, 2.24) is 19.9 Å². The van der Waals surface area contributed by atoms with E-state index in [1.807, 2.05) is 6.07 Å². The van der Waals surface area contributed by atoms with Crippen LogP contribution in [0.15, 0.2) is 34.9 Å². The maximum Gasteiger partial charge on any atom is 0.407 e. The van der Waals surface area contributed by atoms with Crippen LogP contribution in [0.5, 0.6) is 0 Å². The minimum Gasteiger partial charge on any atom is -0.465 e. The van der Waals surface area contributed by atoms with E-state index in [-0.39, 0.29) is 31.1 Å². The molecular weight excluding hydrogens is 353 g/mol. The molecule has 3 heterocycles. The molecule has 0 aliphatic carbocycles. The number of hydrogen-bond acceptors (Lipinski definition) is 6. The first-order chi connectivity index (χ1) is 13.0. The van der Waals surface area contributed by atoms with E-state index in [0.29, 0.717) is 28.9 Å². The summed E-state index contributed by atoms with van der Waals surface area (Å²) in [7, 11) is 0. The molecule has 1 amide bonds. The molecule has 136 valence electrons. The van der Waals surface area contributed by atoms with Gasteiger partial charge in [0.25, 0.3) is 0 Å². The number of hydrogen-bond donors (Lipinski definition) is 1. The lowest BCUT2D eigenvalue weighted by Crippen LogP contribution is -2.46. The van der Waals surface area contributed by atoms with Crippen LogP contribution in [0.25, 0.3) is 22.5 Å². The first-order valence-electron chi connectivity index (χ1n) is 8.30. The minimum atomic E-state index is -1.97. The van der Waals surface area contributed by atoms with Gasteiger partial charge < -0.3 is 14.4 Å². The summed E-state index contributed by atoms with van der Waals surface area (Å²) in [5.74, 6) is 0.220. The van der Waals surface area contributed by atoms with Crippen LogP contribution in [-0.2, 0) is 5.67 Å². The number of halogens is 1. The van der Waals surface area contributed by atoms with E-state index in [1.165, 1.54) is 12.3 Å². The molecule has 1 aliphatic heterocycles. The van der Waals surface area contributed by atoms with Gasteiger partial charge in [0.15, 0.2) is 11.4 Å². The number of nitriles is 1. The van der Waals surface area contributed by atoms with Crippen LogP contribution in [-0.4, -0.2) is 44.1 Å². The number of nitrogens with zero attached hydrogens (tertiary/aromatic N) is 5. The molecule has 2 aromatic heterocycles. The molecule has 1 atom stereocenters. The van der Waals surface area contributed by atoms with Crippen molar-refractivity contribution in [3.05, 3.63) is 42.0 Å². The van der Waals surface area contributed by atoms with Crippen LogP contribution < -0.4 is 0 Å². The van der Waals surface area contributed by atoms with Gasteiger partial charge in [0.05, 0.1) is 6.54 Å². The van der Waals surface area contributed by atoms with Gasteiger partial charge >= 0.3 is 6.09 Å². The average molecular weight is 367 g/mol. The summed E-state index contributed by atoms with van der Waals surface area (Å²) in [5, 5.41) is 18.1. The van der Waals surface area contributed by atoms with Crippen LogP contribution >= 0.6 is 0 Å². The summed E-state index contributed by atoms with van der Waals surface area (Å²) in [6.45, 7) is -0.0205. The molecule has 1 aliphatic rings. The summed E-state index contributed by atoms with van der Waals surface area (Å²) in [6.07, 6.45) is 0.855. The highest BCUT2D eigenvalue weighted by Crippen LogP contribution is 2.37. The van der Waals surface area contributed by atoms with Crippen molar-refractivity contribution >= 4 is 17.2 Å². The largest absolute Gasteiger partial charge is 0.465 e. The fourth-order valence-electron chi connectivity index (χ4n) is 3.17. The molecule has 4 rings (SSSR count). The van der Waals surface area contributed by atoms with Crippen LogP contribution in [0, 0.1) is 11.3 Å². The maximum atomic E-state index is 15.4. The van der Waals surface area contributed by atoms with Gasteiger partial charge in [0.1, 0.15) is 17.3 Å². The molecule has 0 spiro atoms. The molecule has 1 unspecified atom stereocenters. The third-order valence-corrected chi connectivity index (χ3v) is 4.51. The Balaban J connectivity index is 1.70. The first kappa shape index (κ1) is 16.9. The predicted octanol–water partition coefficient (Wildman–Crippen LogP) is 3.10. The lowest BCUT2D eigenvalue weighted by molar-refractivity contribution is 0.0248. The number of rotatable bonds is 2. The molecule has 0 saturated carbocycles. The molecule has 9 heteroatoms. The smallest absolute Gasteiger partial charge is 0.407 e. The molecule has 1 saturated heterocycles. The SMILES string of the molecule is N#Cc1ccnc(-c2ccc3oc(C4(F)CCCN(C(=O)O)C4)nc3c2)n1. The monoisotopic (exact) mass is 367 g/mol. The van der Waals surface area contributed by atoms with Gasteiger partial charge in [-0.15, -0.1) is 0 Å². The Kier molecular flexibility index (Phi) is 3.96. The number of amides is 1. The number of aromatic nitrogens is 3. The third kappa shape index (κ3) is 3.06. The summed E-state index contributed by atoms with van der Waals surface area (Å²) in [5.41, 5.74) is -0.317. The number of benzene rings is 1. The van der Waals surface area contributed by atoms with Crippen molar-refractivity contribution in [2.24, 2.45) is 0 Å². The number of alkyl halides is 1. The maximum absolute atomic E-state index is 15.4. The van der Waals surface area contributed by atoms with E-state index in [4.69, 9.17) is 14.8 Å². The van der Waals surface area contributed by atoms with Crippen LogP contribution in [0.2, 0.25) is 0 Å². The highest BCUT2D eigenvalue weighted by molar-refractivity contribution is 5.78. The lowest BCUT2D eigenvalue weighted by Gasteiger charge is -2.33. The summed E-state index contributed by atoms with van der Waals surface area (Å²) < 4.78 is 20.9. The quantitative estimate of drug-likeness (QED) is 0.740. The average Bonchev–Trinajstić information content (AvgIpc) is 3.12. The number of carboxylic acid groups (broad SMARTS) is 1. The van der Waals surface area contributed by atoms with Crippen LogP contribution in [0.4, 0.5) is 9.18 Å². The van der Waals surface area contributed by atoms with Crippen molar-refractivity contribution in [2.75, 3.05) is 13.1 Å². The Morgan fingerprint density at radius 2 is 2.22 bits per heavy atom. The number of piperidine rings is 1. The first-order valence-corrected chi connectivity index (χ1v) is 8.30. The van der Waals surface area contributed by atoms with E-state index in [0.717, 1.165) is 4.90 Å². The van der Waals surface area contributed by atoms with Gasteiger partial charge in [-0.1, -0.05) is 0 Å². The van der Waals surface area contributed by atoms with Crippen LogP contribution in [0.3, 0.4) is 0 Å². The second-order valence-corrected chi connectivity index (χ2v) is 6.35. The topological polar surface area (TPSA) is 116 Å². The normalized spacial score (nSPS) is 19.8. The molecule has 27 heavy (non-hydrogen) atoms. The zero-order chi connectivity index (χ0) is 19.0. The summed E-state index contributed by atoms with van der Waals surface area (Å²) in [4.78, 5) is 24.7. The number of oxazole rings is 1. The molecular formula is C18H14FN5O3. The van der Waals surface area contributed by atoms with Crippen molar-refractivity contribution in [3.8, 4) is 17.5 Å². The highest BCUT2D eigenvalue weighted by atomic mass is 19.1. The van der Waals surface area contributed by atoms with Crippen molar-refractivity contribution in [3.63, 3.8) is 0 Å². The lowest BCUT2D eigenvalue weighted by atomic mass is 9.95. The Morgan fingerprint density at radius 1 is 1.37 bits per heavy atom. The minimum absolute atomic E-state index is 0.132. The molecule has 1 aromatic carbocycles. The summed E-state index contributed by atoms with van der Waals surface area (Å²) >= 11 is 0. The van der Waals surface area contributed by atoms with Gasteiger partial charge in [-0.05, 0) is 37.1 Å². The van der Waals surface area contributed by atoms with Gasteiger partial charge in [0.2, 0.25) is 11.6 Å². The number of carbonyl (C=O) groups is 1. The zero-order valence-electron chi connectivity index (χ0n) is 14.1. The molecule has 0 bridgehead atoms. The van der Waals surface area contributed by atoms with Crippen LogP contribution in [0.1, 0.15) is 24.4 Å². The highest BCUT2D eigenvalue weighted by Gasteiger charge is 2.43. The van der Waals surface area contributed by atoms with Gasteiger partial charge in [-0.2, -0.15) is 5.26 Å². The number of likely N-dealkylation sites (tertiary alicyclic amines) is 1. The Hall–Kier alpha value is -3.54. The van der Waals surface area contributed by atoms with E-state index in [2.05, 4.69) is 15.0 Å². The molecule has 8 nitrogen and oxygen atoms in total. The third-order valence-electron chi connectivity index (χ3n) is 4.51. The van der Waals surface area contributed by atoms with E-state index >= 15 is 4.39 Å². The van der Waals surface area contributed by atoms with Gasteiger partial charge in [-0.25, -0.2) is 24.1 Å². The molecule has 0 radical (unpaired) electrons. The van der Waals surface area contributed by atoms with E-state index < -0.39 is 11.8 Å². The van der Waals surface area contributed by atoms with Gasteiger partial charge in [0, 0.05) is 18.3 Å². The Morgan fingerprint density at radius 3 is 3.00 bits per heavy atom. The summed E-state index contributed by atoms with van der Waals surface area (Å²) in [6, 6.07) is 8.43. The standard InChI is InChI=1S/C18H14FN5O3/c19-18(5-1-7-24(10-18)17(25)26)16-23-13-8-11(2-3-14(13)27-16)15-21-6-4-12(9-20)22-15/h2-4,6,8H,1,5,7,10H2,(H,25,26). The second kappa shape index (κ2) is 6.32. The van der Waals surface area contributed by atoms with Crippen molar-refractivity contribution in [1.29, 1.82) is 5.26 Å².